The van der Waals surface area contributed by atoms with Crippen molar-refractivity contribution in [1.29, 1.82) is 0 Å². The third-order valence-corrected chi connectivity index (χ3v) is 4.00. The molecule has 2 unspecified atom stereocenters. The lowest BCUT2D eigenvalue weighted by molar-refractivity contribution is 0.581. The molecule has 0 aromatic heterocycles. The van der Waals surface area contributed by atoms with Gasteiger partial charge in [0.25, 0.3) is 0 Å². The maximum Gasteiger partial charge on any atom is 0.123 e. The van der Waals surface area contributed by atoms with E-state index in [9.17, 15) is 4.39 Å². The van der Waals surface area contributed by atoms with Crippen LogP contribution in [0.4, 0.5) is 4.39 Å². The van der Waals surface area contributed by atoms with Crippen LogP contribution in [0.1, 0.15) is 43.6 Å². The van der Waals surface area contributed by atoms with Gasteiger partial charge in [-0.3, -0.25) is 0 Å². The quantitative estimate of drug-likeness (QED) is 0.485. The number of halogens is 3. The first-order valence-corrected chi connectivity index (χ1v) is 6.57. The second-order valence-corrected chi connectivity index (χ2v) is 5.50. The van der Waals surface area contributed by atoms with Crippen LogP contribution in [0.25, 0.3) is 0 Å². The van der Waals surface area contributed by atoms with Crippen LogP contribution in [-0.2, 0) is 0 Å². The van der Waals surface area contributed by atoms with Gasteiger partial charge in [0, 0.05) is 10.4 Å². The first-order valence-electron chi connectivity index (χ1n) is 5.76. The summed E-state index contributed by atoms with van der Waals surface area (Å²) in [6.07, 6.45) is 5.35. The molecule has 1 fully saturated rings. The van der Waals surface area contributed by atoms with E-state index in [4.69, 9.17) is 23.2 Å². The van der Waals surface area contributed by atoms with Gasteiger partial charge in [-0.25, -0.2) is 4.39 Å². The molecule has 0 radical (unpaired) electrons. The number of alkyl halides is 1. The Hall–Kier alpha value is -0.270. The molecule has 0 aliphatic heterocycles. The third-order valence-electron chi connectivity index (χ3n) is 3.26. The molecule has 1 aliphatic rings. The van der Waals surface area contributed by atoms with E-state index < -0.39 is 0 Å². The Morgan fingerprint density at radius 2 is 1.94 bits per heavy atom. The van der Waals surface area contributed by atoms with Crippen LogP contribution in [0, 0.1) is 5.82 Å². The van der Waals surface area contributed by atoms with E-state index in [1.807, 2.05) is 0 Å². The summed E-state index contributed by atoms with van der Waals surface area (Å²) in [5.41, 5.74) is 0.925. The SMILES string of the molecule is Fc1ccc(Cl)c(C2CCCCC(Cl)C2)c1. The highest BCUT2D eigenvalue weighted by Crippen LogP contribution is 2.37. The Labute approximate surface area is 106 Å². The van der Waals surface area contributed by atoms with Crippen LogP contribution in [-0.4, -0.2) is 5.38 Å². The maximum atomic E-state index is 13.2. The molecule has 1 saturated carbocycles. The average Bonchev–Trinajstić information content (AvgIpc) is 2.46. The Bertz CT molecular complexity index is 365. The summed E-state index contributed by atoms with van der Waals surface area (Å²) in [6.45, 7) is 0. The number of rotatable bonds is 1. The van der Waals surface area contributed by atoms with E-state index >= 15 is 0 Å². The van der Waals surface area contributed by atoms with Crippen molar-refractivity contribution in [3.8, 4) is 0 Å². The summed E-state index contributed by atoms with van der Waals surface area (Å²) >= 11 is 12.3. The van der Waals surface area contributed by atoms with Crippen molar-refractivity contribution < 1.29 is 4.39 Å². The lowest BCUT2D eigenvalue weighted by Gasteiger charge is -2.17. The molecule has 0 nitrogen and oxygen atoms in total. The Morgan fingerprint density at radius 1 is 1.19 bits per heavy atom. The molecule has 2 rings (SSSR count). The molecule has 0 heterocycles. The van der Waals surface area contributed by atoms with E-state index in [1.54, 1.807) is 12.1 Å². The predicted molar refractivity (Wildman–Crippen MR) is 66.9 cm³/mol. The van der Waals surface area contributed by atoms with E-state index in [0.29, 0.717) is 10.9 Å². The molecule has 0 spiro atoms. The molecule has 1 aliphatic carbocycles. The highest BCUT2D eigenvalue weighted by molar-refractivity contribution is 6.31. The zero-order valence-corrected chi connectivity index (χ0v) is 10.6. The van der Waals surface area contributed by atoms with Gasteiger partial charge in [-0.1, -0.05) is 24.4 Å². The smallest absolute Gasteiger partial charge is 0.123 e. The van der Waals surface area contributed by atoms with Crippen molar-refractivity contribution in [2.45, 2.75) is 43.4 Å². The summed E-state index contributed by atoms with van der Waals surface area (Å²) in [6, 6.07) is 4.60. The van der Waals surface area contributed by atoms with E-state index in [-0.39, 0.29) is 11.2 Å². The minimum absolute atomic E-state index is 0.201. The molecule has 1 aromatic rings. The monoisotopic (exact) mass is 260 g/mol. The fourth-order valence-electron chi connectivity index (χ4n) is 2.41. The summed E-state index contributed by atoms with van der Waals surface area (Å²) in [5.74, 6) is 0.1000. The molecular weight excluding hydrogens is 246 g/mol. The van der Waals surface area contributed by atoms with Gasteiger partial charge in [-0.2, -0.15) is 0 Å². The van der Waals surface area contributed by atoms with Crippen LogP contribution in [0.15, 0.2) is 18.2 Å². The second-order valence-electron chi connectivity index (χ2n) is 4.48. The van der Waals surface area contributed by atoms with Gasteiger partial charge < -0.3 is 0 Å². The summed E-state index contributed by atoms with van der Waals surface area (Å²) in [7, 11) is 0. The van der Waals surface area contributed by atoms with Crippen molar-refractivity contribution in [3.63, 3.8) is 0 Å². The van der Waals surface area contributed by atoms with Crippen molar-refractivity contribution in [3.05, 3.63) is 34.6 Å². The van der Waals surface area contributed by atoms with Gasteiger partial charge in [0.1, 0.15) is 5.82 Å². The van der Waals surface area contributed by atoms with Crippen LogP contribution < -0.4 is 0 Å². The highest BCUT2D eigenvalue weighted by atomic mass is 35.5. The second kappa shape index (κ2) is 5.37. The van der Waals surface area contributed by atoms with Gasteiger partial charge >= 0.3 is 0 Å². The first-order chi connectivity index (χ1) is 7.66. The third kappa shape index (κ3) is 2.89. The Morgan fingerprint density at radius 3 is 2.75 bits per heavy atom. The maximum absolute atomic E-state index is 13.2. The van der Waals surface area contributed by atoms with E-state index in [2.05, 4.69) is 0 Å². The lowest BCUT2D eigenvalue weighted by Crippen LogP contribution is -2.05. The largest absolute Gasteiger partial charge is 0.207 e. The molecule has 2 atom stereocenters. The molecule has 0 bridgehead atoms. The van der Waals surface area contributed by atoms with Crippen LogP contribution in [0.2, 0.25) is 5.02 Å². The van der Waals surface area contributed by atoms with Gasteiger partial charge in [-0.15, -0.1) is 11.6 Å². The Balaban J connectivity index is 2.24. The molecule has 0 amide bonds. The lowest BCUT2D eigenvalue weighted by atomic mass is 9.91. The van der Waals surface area contributed by atoms with E-state index in [0.717, 1.165) is 37.7 Å². The molecule has 1 aromatic carbocycles. The van der Waals surface area contributed by atoms with Crippen LogP contribution in [0.5, 0.6) is 0 Å². The molecule has 3 heteroatoms. The standard InChI is InChI=1S/C13H15Cl2F/c14-10-4-2-1-3-9(7-10)12-8-11(16)5-6-13(12)15/h5-6,8-10H,1-4,7H2. The van der Waals surface area contributed by atoms with Crippen molar-refractivity contribution in [2.24, 2.45) is 0 Å². The fraction of sp³-hybridized carbons (Fsp3) is 0.538. The Kier molecular flexibility index (Phi) is 4.10. The minimum atomic E-state index is -0.213. The summed E-state index contributed by atoms with van der Waals surface area (Å²) < 4.78 is 13.2. The fourth-order valence-corrected chi connectivity index (χ4v) is 3.05. The highest BCUT2D eigenvalue weighted by Gasteiger charge is 2.22. The molecule has 16 heavy (non-hydrogen) atoms. The average molecular weight is 261 g/mol. The van der Waals surface area contributed by atoms with Gasteiger partial charge in [0.05, 0.1) is 0 Å². The topological polar surface area (TPSA) is 0 Å². The normalized spacial score (nSPS) is 26.4. The van der Waals surface area contributed by atoms with Crippen LogP contribution in [0.3, 0.4) is 0 Å². The molecular formula is C13H15Cl2F. The van der Waals surface area contributed by atoms with Crippen molar-refractivity contribution >= 4 is 23.2 Å². The van der Waals surface area contributed by atoms with Crippen LogP contribution >= 0.6 is 23.2 Å². The zero-order chi connectivity index (χ0) is 11.5. The van der Waals surface area contributed by atoms with Gasteiger partial charge in [0.15, 0.2) is 0 Å². The van der Waals surface area contributed by atoms with Gasteiger partial charge in [0.2, 0.25) is 0 Å². The van der Waals surface area contributed by atoms with Crippen molar-refractivity contribution in [2.75, 3.05) is 0 Å². The minimum Gasteiger partial charge on any atom is -0.207 e. The predicted octanol–water partition coefficient (Wildman–Crippen LogP) is 5.13. The summed E-state index contributed by atoms with van der Waals surface area (Å²) in [5, 5.41) is 0.865. The number of hydrogen-bond acceptors (Lipinski definition) is 0. The van der Waals surface area contributed by atoms with E-state index in [1.165, 1.54) is 6.07 Å². The molecule has 0 saturated heterocycles. The van der Waals surface area contributed by atoms with Gasteiger partial charge in [-0.05, 0) is 48.9 Å². The molecule has 0 N–H and O–H groups in total. The first kappa shape index (κ1) is 12.2. The zero-order valence-electron chi connectivity index (χ0n) is 9.06. The summed E-state index contributed by atoms with van der Waals surface area (Å²) in [4.78, 5) is 0. The number of hydrogen-bond donors (Lipinski definition) is 0. The molecule has 88 valence electrons. The number of benzene rings is 1. The van der Waals surface area contributed by atoms with Crippen molar-refractivity contribution in [1.82, 2.24) is 0 Å².